The normalized spacial score (nSPS) is 11.5. The summed E-state index contributed by atoms with van der Waals surface area (Å²) in [5, 5.41) is 5.87. The van der Waals surface area contributed by atoms with Gasteiger partial charge in [-0.1, -0.05) is 42.5 Å². The van der Waals surface area contributed by atoms with Gasteiger partial charge in [-0.2, -0.15) is 0 Å². The minimum Gasteiger partial charge on any atom is -0.497 e. The van der Waals surface area contributed by atoms with E-state index in [2.05, 4.69) is 15.6 Å². The molecule has 2 N–H and O–H groups in total. The maximum atomic E-state index is 12.6. The number of rotatable bonds is 10. The number of nitrogens with one attached hydrogen (secondary N) is 2. The molecule has 0 fully saturated rings. The number of aryl methyl sites for hydroxylation is 2. The van der Waals surface area contributed by atoms with Crippen LogP contribution >= 0.6 is 0 Å². The molecule has 4 rings (SSSR count). The van der Waals surface area contributed by atoms with Gasteiger partial charge in [0.1, 0.15) is 17.2 Å². The summed E-state index contributed by atoms with van der Waals surface area (Å²) in [6, 6.07) is 24.7. The molecule has 1 heterocycles. The first-order valence-electron chi connectivity index (χ1n) is 12.2. The molecular formula is C30H31N3O4. The lowest BCUT2D eigenvalue weighted by molar-refractivity contribution is -0.122. The number of carbonyl (C=O) groups excluding carboxylic acids is 2. The van der Waals surface area contributed by atoms with Gasteiger partial charge in [0.05, 0.1) is 19.6 Å². The van der Waals surface area contributed by atoms with Crippen LogP contribution < -0.4 is 15.4 Å². The van der Waals surface area contributed by atoms with Gasteiger partial charge in [0, 0.05) is 17.7 Å². The zero-order valence-electron chi connectivity index (χ0n) is 21.3. The fraction of sp³-hybridized carbons (Fsp3) is 0.233. The molecule has 0 aliphatic carbocycles. The van der Waals surface area contributed by atoms with Crippen molar-refractivity contribution in [2.75, 3.05) is 12.4 Å². The average molecular weight is 498 g/mol. The number of carbonyl (C=O) groups is 2. The van der Waals surface area contributed by atoms with Crippen LogP contribution in [-0.2, 0) is 22.6 Å². The van der Waals surface area contributed by atoms with E-state index in [1.165, 1.54) is 0 Å². The standard InChI is InChI=1S/C30H31N3O4/c1-20(23-7-5-4-6-8-23)29(35)31-19-27-21(2)37-30(33-27)24-12-14-25(15-13-24)32-28(34)18-11-22-9-16-26(36-3)17-10-22/h4-10,12-17,20H,11,18-19H2,1-3H3,(H,31,35)(H,32,34)/t20-/m0/s1. The topological polar surface area (TPSA) is 93.5 Å². The molecule has 0 saturated heterocycles. The van der Waals surface area contributed by atoms with Crippen LogP contribution in [0.4, 0.5) is 5.69 Å². The molecular weight excluding hydrogens is 466 g/mol. The number of hydrogen-bond donors (Lipinski definition) is 2. The van der Waals surface area contributed by atoms with Crippen molar-refractivity contribution in [2.24, 2.45) is 0 Å². The minimum atomic E-state index is -0.258. The van der Waals surface area contributed by atoms with Gasteiger partial charge < -0.3 is 19.8 Å². The summed E-state index contributed by atoms with van der Waals surface area (Å²) in [6.45, 7) is 3.99. The number of oxazole rings is 1. The van der Waals surface area contributed by atoms with Crippen LogP contribution in [0.1, 0.15) is 41.8 Å². The fourth-order valence-corrected chi connectivity index (χ4v) is 3.90. The second-order valence-corrected chi connectivity index (χ2v) is 8.85. The summed E-state index contributed by atoms with van der Waals surface area (Å²) in [4.78, 5) is 29.5. The number of ether oxygens (including phenoxy) is 1. The van der Waals surface area contributed by atoms with E-state index in [9.17, 15) is 9.59 Å². The van der Waals surface area contributed by atoms with Crippen LogP contribution in [-0.4, -0.2) is 23.9 Å². The molecule has 0 spiro atoms. The Morgan fingerprint density at radius 2 is 1.68 bits per heavy atom. The molecule has 0 bridgehead atoms. The van der Waals surface area contributed by atoms with Crippen molar-refractivity contribution in [3.63, 3.8) is 0 Å². The molecule has 4 aromatic rings. The van der Waals surface area contributed by atoms with E-state index in [1.54, 1.807) is 7.11 Å². The van der Waals surface area contributed by atoms with Gasteiger partial charge in [0.15, 0.2) is 0 Å². The van der Waals surface area contributed by atoms with E-state index in [0.29, 0.717) is 35.9 Å². The highest BCUT2D eigenvalue weighted by Crippen LogP contribution is 2.24. The molecule has 0 aliphatic rings. The first kappa shape index (κ1) is 25.7. The van der Waals surface area contributed by atoms with Crippen LogP contribution in [0.2, 0.25) is 0 Å². The van der Waals surface area contributed by atoms with Gasteiger partial charge >= 0.3 is 0 Å². The van der Waals surface area contributed by atoms with Gasteiger partial charge in [-0.05, 0) is 67.8 Å². The summed E-state index contributed by atoms with van der Waals surface area (Å²) in [5.74, 6) is 1.53. The van der Waals surface area contributed by atoms with Gasteiger partial charge in [-0.15, -0.1) is 0 Å². The van der Waals surface area contributed by atoms with Crippen LogP contribution in [0.25, 0.3) is 11.5 Å². The van der Waals surface area contributed by atoms with Crippen molar-refractivity contribution in [1.82, 2.24) is 10.3 Å². The lowest BCUT2D eigenvalue weighted by Crippen LogP contribution is -2.27. The average Bonchev–Trinajstić information content (AvgIpc) is 3.31. The predicted molar refractivity (Wildman–Crippen MR) is 143 cm³/mol. The number of methoxy groups -OCH3 is 1. The van der Waals surface area contributed by atoms with Crippen molar-refractivity contribution in [3.8, 4) is 17.2 Å². The zero-order chi connectivity index (χ0) is 26.2. The van der Waals surface area contributed by atoms with Gasteiger partial charge in [0.25, 0.3) is 0 Å². The van der Waals surface area contributed by atoms with E-state index in [0.717, 1.165) is 22.4 Å². The van der Waals surface area contributed by atoms with E-state index in [-0.39, 0.29) is 24.3 Å². The number of nitrogens with zero attached hydrogens (tertiary/aromatic N) is 1. The molecule has 0 aliphatic heterocycles. The first-order valence-corrected chi connectivity index (χ1v) is 12.2. The molecule has 1 aromatic heterocycles. The van der Waals surface area contributed by atoms with E-state index >= 15 is 0 Å². The van der Waals surface area contributed by atoms with Gasteiger partial charge in [-0.25, -0.2) is 4.98 Å². The summed E-state index contributed by atoms with van der Waals surface area (Å²) >= 11 is 0. The Hall–Kier alpha value is -4.39. The summed E-state index contributed by atoms with van der Waals surface area (Å²) in [7, 11) is 1.63. The molecule has 1 atom stereocenters. The van der Waals surface area contributed by atoms with E-state index in [4.69, 9.17) is 9.15 Å². The maximum absolute atomic E-state index is 12.6. The van der Waals surface area contributed by atoms with Gasteiger partial charge in [-0.3, -0.25) is 9.59 Å². The summed E-state index contributed by atoms with van der Waals surface area (Å²) in [5.41, 5.74) is 4.21. The molecule has 0 radical (unpaired) electrons. The minimum absolute atomic E-state index is 0.0571. The Morgan fingerprint density at radius 3 is 2.35 bits per heavy atom. The highest BCUT2D eigenvalue weighted by atomic mass is 16.5. The quantitative estimate of drug-likeness (QED) is 0.295. The fourth-order valence-electron chi connectivity index (χ4n) is 3.90. The largest absolute Gasteiger partial charge is 0.497 e. The Bertz CT molecular complexity index is 1330. The Labute approximate surface area is 216 Å². The van der Waals surface area contributed by atoms with Crippen LogP contribution in [0, 0.1) is 6.92 Å². The number of aromatic nitrogens is 1. The highest BCUT2D eigenvalue weighted by molar-refractivity contribution is 5.91. The second-order valence-electron chi connectivity index (χ2n) is 8.85. The van der Waals surface area contributed by atoms with Crippen molar-refractivity contribution in [3.05, 3.63) is 101 Å². The smallest absolute Gasteiger partial charge is 0.227 e. The lowest BCUT2D eigenvalue weighted by Gasteiger charge is -2.11. The third-order valence-corrected chi connectivity index (χ3v) is 6.23. The van der Waals surface area contributed by atoms with E-state index < -0.39 is 0 Å². The number of anilines is 1. The van der Waals surface area contributed by atoms with Crippen molar-refractivity contribution in [2.45, 2.75) is 39.2 Å². The predicted octanol–water partition coefficient (Wildman–Crippen LogP) is 5.65. The number of amides is 2. The van der Waals surface area contributed by atoms with Crippen LogP contribution in [0.15, 0.2) is 83.3 Å². The van der Waals surface area contributed by atoms with Crippen molar-refractivity contribution < 1.29 is 18.7 Å². The Morgan fingerprint density at radius 1 is 0.973 bits per heavy atom. The lowest BCUT2D eigenvalue weighted by atomic mass is 10.0. The SMILES string of the molecule is COc1ccc(CCC(=O)Nc2ccc(-c3nc(CNC(=O)[C@@H](C)c4ccccc4)c(C)o3)cc2)cc1. The molecule has 37 heavy (non-hydrogen) atoms. The van der Waals surface area contributed by atoms with Gasteiger partial charge in [0.2, 0.25) is 17.7 Å². The highest BCUT2D eigenvalue weighted by Gasteiger charge is 2.17. The summed E-state index contributed by atoms with van der Waals surface area (Å²) < 4.78 is 11.0. The van der Waals surface area contributed by atoms with Crippen molar-refractivity contribution in [1.29, 1.82) is 0 Å². The molecule has 0 unspecified atom stereocenters. The van der Waals surface area contributed by atoms with Crippen molar-refractivity contribution >= 4 is 17.5 Å². The van der Waals surface area contributed by atoms with E-state index in [1.807, 2.05) is 92.7 Å². The maximum Gasteiger partial charge on any atom is 0.227 e. The third kappa shape index (κ3) is 6.85. The van der Waals surface area contributed by atoms with Crippen LogP contribution in [0.5, 0.6) is 5.75 Å². The van der Waals surface area contributed by atoms with Crippen LogP contribution in [0.3, 0.4) is 0 Å². The molecule has 3 aromatic carbocycles. The molecule has 7 heteroatoms. The zero-order valence-corrected chi connectivity index (χ0v) is 21.3. The summed E-state index contributed by atoms with van der Waals surface area (Å²) in [6.07, 6.45) is 1.03. The third-order valence-electron chi connectivity index (χ3n) is 6.23. The Kier molecular flexibility index (Phi) is 8.36. The number of hydrogen-bond acceptors (Lipinski definition) is 5. The molecule has 7 nitrogen and oxygen atoms in total. The monoisotopic (exact) mass is 497 g/mol. The Balaban J connectivity index is 1.30. The molecule has 0 saturated carbocycles. The first-order chi connectivity index (χ1) is 17.9. The number of benzene rings is 3. The molecule has 190 valence electrons. The molecule has 2 amide bonds. The second kappa shape index (κ2) is 12.0.